The molecule has 0 saturated carbocycles. The van der Waals surface area contributed by atoms with Gasteiger partial charge in [-0.1, -0.05) is 6.92 Å². The first-order chi connectivity index (χ1) is 6.07. The SMILES string of the molecule is CCC(C)n1ncc([N+](=O)[O-])c1N. The van der Waals surface area contributed by atoms with Gasteiger partial charge in [-0.05, 0) is 13.3 Å². The number of nitrogen functional groups attached to an aromatic ring is 1. The Balaban J connectivity index is 3.06. The summed E-state index contributed by atoms with van der Waals surface area (Å²) in [5, 5.41) is 14.3. The molecule has 13 heavy (non-hydrogen) atoms. The van der Waals surface area contributed by atoms with Crippen LogP contribution in [-0.2, 0) is 0 Å². The lowest BCUT2D eigenvalue weighted by Gasteiger charge is -2.09. The Bertz CT molecular complexity index is 320. The van der Waals surface area contributed by atoms with Gasteiger partial charge < -0.3 is 5.73 Å². The summed E-state index contributed by atoms with van der Waals surface area (Å²) in [4.78, 5) is 9.89. The third-order valence-electron chi connectivity index (χ3n) is 2.02. The first-order valence-corrected chi connectivity index (χ1v) is 4.05. The van der Waals surface area contributed by atoms with E-state index in [2.05, 4.69) is 5.10 Å². The smallest absolute Gasteiger partial charge is 0.330 e. The van der Waals surface area contributed by atoms with Crippen LogP contribution in [-0.4, -0.2) is 14.7 Å². The van der Waals surface area contributed by atoms with Crippen molar-refractivity contribution in [2.45, 2.75) is 26.3 Å². The molecule has 0 fully saturated rings. The van der Waals surface area contributed by atoms with Crippen LogP contribution < -0.4 is 5.73 Å². The van der Waals surface area contributed by atoms with Crippen molar-refractivity contribution in [3.05, 3.63) is 16.3 Å². The summed E-state index contributed by atoms with van der Waals surface area (Å²) >= 11 is 0. The molecule has 0 aliphatic carbocycles. The second-order valence-corrected chi connectivity index (χ2v) is 2.87. The minimum Gasteiger partial charge on any atom is -0.378 e. The van der Waals surface area contributed by atoms with Crippen LogP contribution in [0.5, 0.6) is 0 Å². The normalized spacial score (nSPS) is 12.8. The van der Waals surface area contributed by atoms with E-state index in [4.69, 9.17) is 5.73 Å². The van der Waals surface area contributed by atoms with E-state index in [1.807, 2.05) is 13.8 Å². The van der Waals surface area contributed by atoms with E-state index in [0.717, 1.165) is 6.42 Å². The van der Waals surface area contributed by atoms with E-state index in [1.54, 1.807) is 0 Å². The monoisotopic (exact) mass is 184 g/mol. The maximum absolute atomic E-state index is 10.4. The quantitative estimate of drug-likeness (QED) is 0.567. The second-order valence-electron chi connectivity index (χ2n) is 2.87. The van der Waals surface area contributed by atoms with Gasteiger partial charge >= 0.3 is 5.69 Å². The zero-order chi connectivity index (χ0) is 10.0. The number of hydrogen-bond acceptors (Lipinski definition) is 4. The van der Waals surface area contributed by atoms with Crippen molar-refractivity contribution in [1.82, 2.24) is 9.78 Å². The zero-order valence-electron chi connectivity index (χ0n) is 7.60. The van der Waals surface area contributed by atoms with Crippen LogP contribution in [0.1, 0.15) is 26.3 Å². The van der Waals surface area contributed by atoms with Crippen molar-refractivity contribution in [3.63, 3.8) is 0 Å². The molecule has 6 nitrogen and oxygen atoms in total. The summed E-state index contributed by atoms with van der Waals surface area (Å²) in [6.45, 7) is 3.88. The molecule has 0 bridgehead atoms. The molecule has 0 spiro atoms. The topological polar surface area (TPSA) is 87.0 Å². The summed E-state index contributed by atoms with van der Waals surface area (Å²) in [6, 6.07) is 0.0914. The summed E-state index contributed by atoms with van der Waals surface area (Å²) in [6.07, 6.45) is 2.02. The van der Waals surface area contributed by atoms with E-state index >= 15 is 0 Å². The van der Waals surface area contributed by atoms with Crippen LogP contribution in [0, 0.1) is 10.1 Å². The summed E-state index contributed by atoms with van der Waals surface area (Å²) in [7, 11) is 0. The van der Waals surface area contributed by atoms with Gasteiger partial charge in [0.05, 0.1) is 11.0 Å². The fourth-order valence-corrected chi connectivity index (χ4v) is 1.03. The van der Waals surface area contributed by atoms with Crippen LogP contribution >= 0.6 is 0 Å². The predicted octanol–water partition coefficient (Wildman–Crippen LogP) is 1.34. The highest BCUT2D eigenvalue weighted by Crippen LogP contribution is 2.24. The molecule has 0 amide bonds. The molecule has 0 aliphatic rings. The van der Waals surface area contributed by atoms with E-state index in [9.17, 15) is 10.1 Å². The highest BCUT2D eigenvalue weighted by Gasteiger charge is 2.19. The lowest BCUT2D eigenvalue weighted by atomic mass is 10.3. The van der Waals surface area contributed by atoms with Crippen molar-refractivity contribution < 1.29 is 4.92 Å². The standard InChI is InChI=1S/C7H12N4O2/c1-3-5(2)10-7(8)6(4-9-10)11(12)13/h4-5H,3,8H2,1-2H3. The third kappa shape index (κ3) is 1.61. The molecular weight excluding hydrogens is 172 g/mol. The van der Waals surface area contributed by atoms with E-state index in [0.29, 0.717) is 0 Å². The van der Waals surface area contributed by atoms with Crippen LogP contribution in [0.15, 0.2) is 6.20 Å². The van der Waals surface area contributed by atoms with E-state index in [-0.39, 0.29) is 17.5 Å². The number of anilines is 1. The Kier molecular flexibility index (Phi) is 2.50. The largest absolute Gasteiger partial charge is 0.378 e. The maximum Gasteiger partial charge on any atom is 0.330 e. The molecule has 0 saturated heterocycles. The minimum atomic E-state index is -0.527. The van der Waals surface area contributed by atoms with Crippen molar-refractivity contribution in [3.8, 4) is 0 Å². The molecule has 72 valence electrons. The predicted molar refractivity (Wildman–Crippen MR) is 48.3 cm³/mol. The average Bonchev–Trinajstić information content (AvgIpc) is 2.46. The highest BCUT2D eigenvalue weighted by atomic mass is 16.6. The van der Waals surface area contributed by atoms with Crippen molar-refractivity contribution in [1.29, 1.82) is 0 Å². The van der Waals surface area contributed by atoms with Gasteiger partial charge in [0.2, 0.25) is 5.82 Å². The van der Waals surface area contributed by atoms with Gasteiger partial charge in [0, 0.05) is 0 Å². The van der Waals surface area contributed by atoms with E-state index in [1.165, 1.54) is 10.9 Å². The maximum atomic E-state index is 10.4. The summed E-state index contributed by atoms with van der Waals surface area (Å²) < 4.78 is 1.47. The number of hydrogen-bond donors (Lipinski definition) is 1. The Morgan fingerprint density at radius 3 is 2.85 bits per heavy atom. The van der Waals surface area contributed by atoms with Crippen molar-refractivity contribution in [2.24, 2.45) is 0 Å². The van der Waals surface area contributed by atoms with Gasteiger partial charge in [-0.15, -0.1) is 0 Å². The molecule has 0 radical (unpaired) electrons. The lowest BCUT2D eigenvalue weighted by Crippen LogP contribution is -2.09. The van der Waals surface area contributed by atoms with E-state index < -0.39 is 4.92 Å². The fraction of sp³-hybridized carbons (Fsp3) is 0.571. The molecule has 6 heteroatoms. The first-order valence-electron chi connectivity index (χ1n) is 4.05. The lowest BCUT2D eigenvalue weighted by molar-refractivity contribution is -0.384. The van der Waals surface area contributed by atoms with Crippen LogP contribution in [0.4, 0.5) is 11.5 Å². The first kappa shape index (κ1) is 9.50. The van der Waals surface area contributed by atoms with Crippen molar-refractivity contribution in [2.75, 3.05) is 5.73 Å². The van der Waals surface area contributed by atoms with Crippen molar-refractivity contribution >= 4 is 11.5 Å². The molecule has 0 aliphatic heterocycles. The van der Waals surface area contributed by atoms with Crippen LogP contribution in [0.3, 0.4) is 0 Å². The molecule has 1 aromatic heterocycles. The van der Waals surface area contributed by atoms with Gasteiger partial charge in [0.15, 0.2) is 0 Å². The molecule has 1 heterocycles. The van der Waals surface area contributed by atoms with Gasteiger partial charge in [0.25, 0.3) is 0 Å². The molecule has 1 unspecified atom stereocenters. The van der Waals surface area contributed by atoms with Gasteiger partial charge in [0.1, 0.15) is 6.20 Å². The Hall–Kier alpha value is -1.59. The molecule has 1 aromatic rings. The van der Waals surface area contributed by atoms with Crippen LogP contribution in [0.25, 0.3) is 0 Å². The Morgan fingerprint density at radius 2 is 2.46 bits per heavy atom. The number of aromatic nitrogens is 2. The Labute approximate surface area is 75.5 Å². The number of nitrogens with two attached hydrogens (primary N) is 1. The average molecular weight is 184 g/mol. The minimum absolute atomic E-state index is 0.0914. The molecule has 1 rings (SSSR count). The number of rotatable bonds is 3. The summed E-state index contributed by atoms with van der Waals surface area (Å²) in [5.41, 5.74) is 5.41. The number of nitrogens with zero attached hydrogens (tertiary/aromatic N) is 3. The van der Waals surface area contributed by atoms with Gasteiger partial charge in [-0.3, -0.25) is 10.1 Å². The zero-order valence-corrected chi connectivity index (χ0v) is 7.60. The van der Waals surface area contributed by atoms with Gasteiger partial charge in [-0.2, -0.15) is 5.10 Å². The molecule has 0 aromatic carbocycles. The molecule has 1 atom stereocenters. The highest BCUT2D eigenvalue weighted by molar-refractivity contribution is 5.51. The second kappa shape index (κ2) is 3.42. The number of nitro groups is 1. The summed E-state index contributed by atoms with van der Waals surface area (Å²) in [5.74, 6) is 0.124. The van der Waals surface area contributed by atoms with Crippen LogP contribution in [0.2, 0.25) is 0 Å². The fourth-order valence-electron chi connectivity index (χ4n) is 1.03. The third-order valence-corrected chi connectivity index (χ3v) is 2.02. The van der Waals surface area contributed by atoms with Gasteiger partial charge in [-0.25, -0.2) is 4.68 Å². The Morgan fingerprint density at radius 1 is 1.85 bits per heavy atom. The molecular formula is C7H12N4O2. The molecule has 2 N–H and O–H groups in total.